The Labute approximate surface area is 211 Å². The third-order valence-electron chi connectivity index (χ3n) is 4.48. The molecule has 5 N–H and O–H groups in total. The molecule has 4 rings (SSSR count). The van der Waals surface area contributed by atoms with Crippen molar-refractivity contribution < 1.29 is 26.7 Å². The number of aromatic nitrogens is 3. The highest BCUT2D eigenvalue weighted by molar-refractivity contribution is 14.1. The predicted molar refractivity (Wildman–Crippen MR) is 131 cm³/mol. The number of nitrogens with two attached hydrogens (primary N) is 1. The van der Waals surface area contributed by atoms with Crippen LogP contribution in [-0.4, -0.2) is 29.5 Å². The molecule has 0 atom stereocenters. The summed E-state index contributed by atoms with van der Waals surface area (Å²) in [5, 5.41) is 8.01. The van der Waals surface area contributed by atoms with E-state index >= 15 is 0 Å². The molecular weight excluding hydrogens is 597 g/mol. The first-order chi connectivity index (χ1) is 16.6. The summed E-state index contributed by atoms with van der Waals surface area (Å²) < 4.78 is 62.1. The van der Waals surface area contributed by atoms with Crippen LogP contribution in [0.15, 0.2) is 66.1 Å². The number of nitrogens with one attached hydrogen (secondary N) is 3. The zero-order valence-electron chi connectivity index (χ0n) is 17.4. The van der Waals surface area contributed by atoms with E-state index in [0.29, 0.717) is 3.57 Å². The Kier molecular flexibility index (Phi) is 6.83. The molecule has 0 saturated carbocycles. The third-order valence-corrected chi connectivity index (χ3v) is 6.36. The molecule has 0 bridgehead atoms. The zero-order chi connectivity index (χ0) is 25.2. The van der Waals surface area contributed by atoms with E-state index in [4.69, 9.17) is 10.5 Å². The number of H-pyrrole nitrogens is 1. The van der Waals surface area contributed by atoms with E-state index in [1.807, 2.05) is 22.6 Å². The fourth-order valence-corrected chi connectivity index (χ4v) is 4.37. The van der Waals surface area contributed by atoms with Crippen LogP contribution in [0.5, 0.6) is 11.5 Å². The van der Waals surface area contributed by atoms with Crippen molar-refractivity contribution in [3.05, 3.63) is 81.7 Å². The maximum absolute atomic E-state index is 14.4. The minimum Gasteiger partial charge on any atom is -0.456 e. The summed E-state index contributed by atoms with van der Waals surface area (Å²) in [7, 11) is -4.05. The van der Waals surface area contributed by atoms with Crippen molar-refractivity contribution in [2.45, 2.75) is 5.16 Å². The molecule has 4 aromatic rings. The number of hydrogen-bond donors (Lipinski definition) is 4. The Morgan fingerprint density at radius 2 is 1.89 bits per heavy atom. The highest BCUT2D eigenvalue weighted by Crippen LogP contribution is 2.35. The van der Waals surface area contributed by atoms with Gasteiger partial charge in [0.1, 0.15) is 35.0 Å². The minimum absolute atomic E-state index is 0.00622. The Morgan fingerprint density at radius 1 is 1.09 bits per heavy atom. The van der Waals surface area contributed by atoms with E-state index in [9.17, 15) is 22.0 Å². The van der Waals surface area contributed by atoms with Gasteiger partial charge in [-0.25, -0.2) is 18.9 Å². The molecule has 0 spiro atoms. The van der Waals surface area contributed by atoms with E-state index in [1.165, 1.54) is 36.4 Å². The molecule has 0 saturated heterocycles. The second-order valence-corrected chi connectivity index (χ2v) is 9.81. The lowest BCUT2D eigenvalue weighted by molar-refractivity contribution is 0.0999. The van der Waals surface area contributed by atoms with E-state index in [2.05, 4.69) is 25.2 Å². The van der Waals surface area contributed by atoms with Crippen LogP contribution in [0, 0.1) is 15.2 Å². The van der Waals surface area contributed by atoms with Gasteiger partial charge in [0.2, 0.25) is 0 Å². The number of anilines is 3. The number of primary amides is 1. The summed E-state index contributed by atoms with van der Waals surface area (Å²) in [4.78, 5) is 15.8. The van der Waals surface area contributed by atoms with Crippen molar-refractivity contribution in [3.8, 4) is 11.5 Å². The maximum Gasteiger partial charge on any atom is 0.297 e. The standard InChI is InChI=1S/C21H15F2IN6O4S/c22-11-6-17(28-16-5-4-12(24)8-15(16)23)19(20(25)31)18(7-11)34-14-3-1-2-13(9-14)30-35(32,33)21-26-10-27-29-21/h1-10,28,30H,(H2,25,31)(H,26,27,29). The normalized spacial score (nSPS) is 11.2. The second kappa shape index (κ2) is 9.83. The molecule has 0 radical (unpaired) electrons. The fraction of sp³-hybridized carbons (Fsp3) is 0. The van der Waals surface area contributed by atoms with Crippen molar-refractivity contribution in [1.82, 2.24) is 15.2 Å². The summed E-state index contributed by atoms with van der Waals surface area (Å²) in [5.41, 5.74) is 5.25. The smallest absolute Gasteiger partial charge is 0.297 e. The number of sulfonamides is 1. The van der Waals surface area contributed by atoms with Crippen molar-refractivity contribution in [3.63, 3.8) is 0 Å². The topological polar surface area (TPSA) is 152 Å². The van der Waals surface area contributed by atoms with Gasteiger partial charge in [-0.15, -0.1) is 0 Å². The Bertz CT molecular complexity index is 1520. The number of amides is 1. The lowest BCUT2D eigenvalue weighted by Gasteiger charge is -2.16. The summed E-state index contributed by atoms with van der Waals surface area (Å²) in [6, 6.07) is 11.9. The first-order valence-corrected chi connectivity index (χ1v) is 12.2. The third kappa shape index (κ3) is 5.65. The number of aromatic amines is 1. The van der Waals surface area contributed by atoms with Gasteiger partial charge in [-0.05, 0) is 59.0 Å². The molecule has 180 valence electrons. The van der Waals surface area contributed by atoms with Crippen molar-refractivity contribution in [2.75, 3.05) is 10.0 Å². The second-order valence-electron chi connectivity index (χ2n) is 6.97. The summed E-state index contributed by atoms with van der Waals surface area (Å²) >= 11 is 1.93. The molecule has 0 aliphatic carbocycles. The summed E-state index contributed by atoms with van der Waals surface area (Å²) in [5.74, 6) is -2.58. The number of nitrogens with zero attached hydrogens (tertiary/aromatic N) is 2. The zero-order valence-corrected chi connectivity index (χ0v) is 20.4. The van der Waals surface area contributed by atoms with Gasteiger partial charge in [-0.1, -0.05) is 6.07 Å². The van der Waals surface area contributed by atoms with E-state index in [0.717, 1.165) is 18.5 Å². The molecule has 0 aliphatic heterocycles. The minimum atomic E-state index is -4.05. The van der Waals surface area contributed by atoms with Crippen LogP contribution < -0.4 is 20.5 Å². The Morgan fingerprint density at radius 3 is 2.57 bits per heavy atom. The van der Waals surface area contributed by atoms with Crippen LogP contribution in [0.4, 0.5) is 25.8 Å². The molecule has 0 fully saturated rings. The van der Waals surface area contributed by atoms with E-state index in [-0.39, 0.29) is 34.1 Å². The molecular formula is C21H15F2IN6O4S. The van der Waals surface area contributed by atoms with Crippen LogP contribution in [0.1, 0.15) is 10.4 Å². The number of rotatable bonds is 8. The Hall–Kier alpha value is -3.79. The number of halogens is 3. The van der Waals surface area contributed by atoms with Gasteiger partial charge < -0.3 is 15.8 Å². The number of carbonyl (C=O) groups is 1. The summed E-state index contributed by atoms with van der Waals surface area (Å²) in [6.07, 6.45) is 1.04. The SMILES string of the molecule is NC(=O)c1c(Nc2ccc(I)cc2F)cc(F)cc1Oc1cccc(NS(=O)(=O)c2ncn[nH]2)c1. The molecule has 35 heavy (non-hydrogen) atoms. The quantitative estimate of drug-likeness (QED) is 0.219. The maximum atomic E-state index is 14.4. The number of carbonyl (C=O) groups excluding carboxylic acids is 1. The Balaban J connectivity index is 1.66. The summed E-state index contributed by atoms with van der Waals surface area (Å²) in [6.45, 7) is 0. The highest BCUT2D eigenvalue weighted by Gasteiger charge is 2.21. The van der Waals surface area contributed by atoms with Gasteiger partial charge >= 0.3 is 0 Å². The first kappa shape index (κ1) is 24.3. The van der Waals surface area contributed by atoms with Crippen LogP contribution in [-0.2, 0) is 10.0 Å². The van der Waals surface area contributed by atoms with Gasteiger partial charge in [0.15, 0.2) is 0 Å². The fourth-order valence-electron chi connectivity index (χ4n) is 3.03. The van der Waals surface area contributed by atoms with E-state index in [1.54, 1.807) is 6.07 Å². The lowest BCUT2D eigenvalue weighted by atomic mass is 10.1. The van der Waals surface area contributed by atoms with Crippen molar-refractivity contribution >= 4 is 55.6 Å². The molecule has 10 nitrogen and oxygen atoms in total. The van der Waals surface area contributed by atoms with Crippen LogP contribution in [0.2, 0.25) is 0 Å². The monoisotopic (exact) mass is 612 g/mol. The molecule has 14 heteroatoms. The molecule has 1 amide bonds. The molecule has 0 aliphatic rings. The van der Waals surface area contributed by atoms with E-state index < -0.39 is 32.7 Å². The van der Waals surface area contributed by atoms with Crippen molar-refractivity contribution in [1.29, 1.82) is 0 Å². The number of benzene rings is 3. The van der Waals surface area contributed by atoms with Crippen LogP contribution >= 0.6 is 22.6 Å². The van der Waals surface area contributed by atoms with Gasteiger partial charge in [0.05, 0.1) is 17.1 Å². The van der Waals surface area contributed by atoms with Crippen LogP contribution in [0.25, 0.3) is 0 Å². The first-order valence-electron chi connectivity index (χ1n) is 9.64. The lowest BCUT2D eigenvalue weighted by Crippen LogP contribution is -2.16. The highest BCUT2D eigenvalue weighted by atomic mass is 127. The predicted octanol–water partition coefficient (Wildman–Crippen LogP) is 4.12. The van der Waals surface area contributed by atoms with Crippen molar-refractivity contribution in [2.24, 2.45) is 5.73 Å². The van der Waals surface area contributed by atoms with Gasteiger partial charge in [-0.3, -0.25) is 9.52 Å². The van der Waals surface area contributed by atoms with Gasteiger partial charge in [0, 0.05) is 15.7 Å². The molecule has 1 heterocycles. The molecule has 3 aromatic carbocycles. The van der Waals surface area contributed by atoms with Gasteiger partial charge in [0.25, 0.3) is 21.1 Å². The van der Waals surface area contributed by atoms with Gasteiger partial charge in [-0.2, -0.15) is 13.5 Å². The van der Waals surface area contributed by atoms with Crippen LogP contribution in [0.3, 0.4) is 0 Å². The average Bonchev–Trinajstić information content (AvgIpc) is 3.31. The molecule has 1 aromatic heterocycles. The molecule has 0 unspecified atom stereocenters. The largest absolute Gasteiger partial charge is 0.456 e. The average molecular weight is 612 g/mol. The number of ether oxygens (including phenoxy) is 1. The number of hydrogen-bond acceptors (Lipinski definition) is 7.